The van der Waals surface area contributed by atoms with Crippen LogP contribution < -0.4 is 5.73 Å². The molecule has 1 atom stereocenters. The first kappa shape index (κ1) is 15.3. The molecule has 0 unspecified atom stereocenters. The van der Waals surface area contributed by atoms with Crippen molar-refractivity contribution in [3.05, 3.63) is 0 Å². The van der Waals surface area contributed by atoms with Crippen molar-refractivity contribution in [3.8, 4) is 0 Å². The predicted molar refractivity (Wildman–Crippen MR) is 59.8 cm³/mol. The molecule has 6 nitrogen and oxygen atoms in total. The molecule has 0 aromatic carbocycles. The molecule has 0 fully saturated rings. The van der Waals surface area contributed by atoms with Crippen molar-refractivity contribution < 1.29 is 20.1 Å². The molecule has 0 saturated heterocycles. The van der Waals surface area contributed by atoms with Crippen molar-refractivity contribution in [1.82, 2.24) is 4.90 Å². The van der Waals surface area contributed by atoms with Gasteiger partial charge >= 0.3 is 5.97 Å². The smallest absolute Gasteiger partial charge is 0.317 e. The van der Waals surface area contributed by atoms with Gasteiger partial charge in [0.05, 0.1) is 13.2 Å². The van der Waals surface area contributed by atoms with Crippen LogP contribution in [0.3, 0.4) is 0 Å². The van der Waals surface area contributed by atoms with Gasteiger partial charge in [-0.2, -0.15) is 0 Å². The fourth-order valence-corrected chi connectivity index (χ4v) is 1.47. The molecular weight excluding hydrogens is 212 g/mol. The number of nitrogens with zero attached hydrogens (tertiary/aromatic N) is 1. The van der Waals surface area contributed by atoms with Gasteiger partial charge in [0.2, 0.25) is 0 Å². The van der Waals surface area contributed by atoms with E-state index in [1.54, 1.807) is 4.90 Å². The molecular formula is C10H22N2O4. The Hall–Kier alpha value is -0.690. The summed E-state index contributed by atoms with van der Waals surface area (Å²) in [6.45, 7) is 0.953. The molecule has 0 bridgehead atoms. The van der Waals surface area contributed by atoms with Crippen LogP contribution in [0.4, 0.5) is 0 Å². The van der Waals surface area contributed by atoms with E-state index < -0.39 is 12.2 Å². The lowest BCUT2D eigenvalue weighted by Gasteiger charge is -2.18. The van der Waals surface area contributed by atoms with E-state index in [2.05, 4.69) is 0 Å². The van der Waals surface area contributed by atoms with Gasteiger partial charge in [-0.15, -0.1) is 0 Å². The van der Waals surface area contributed by atoms with E-state index in [0.717, 1.165) is 19.3 Å². The summed E-state index contributed by atoms with van der Waals surface area (Å²) in [5.74, 6) is -0.883. The maximum Gasteiger partial charge on any atom is 0.317 e. The number of rotatable bonds is 10. The highest BCUT2D eigenvalue weighted by atomic mass is 16.4. The molecule has 6 heteroatoms. The van der Waals surface area contributed by atoms with E-state index in [1.807, 2.05) is 0 Å². The van der Waals surface area contributed by atoms with Gasteiger partial charge < -0.3 is 21.1 Å². The highest BCUT2D eigenvalue weighted by Crippen LogP contribution is 2.02. The number of aliphatic carboxylic acids is 1. The fourth-order valence-electron chi connectivity index (χ4n) is 1.47. The summed E-state index contributed by atoms with van der Waals surface area (Å²) in [4.78, 5) is 12.2. The average molecular weight is 234 g/mol. The molecule has 0 radical (unpaired) electrons. The number of carboxylic acids is 1. The molecule has 0 spiro atoms. The van der Waals surface area contributed by atoms with Gasteiger partial charge in [-0.3, -0.25) is 9.69 Å². The van der Waals surface area contributed by atoms with E-state index in [1.165, 1.54) is 0 Å². The summed E-state index contributed by atoms with van der Waals surface area (Å²) in [6.07, 6.45) is 2.39. The highest BCUT2D eigenvalue weighted by Gasteiger charge is 2.08. The maximum absolute atomic E-state index is 10.5. The third-order valence-electron chi connectivity index (χ3n) is 2.25. The first-order valence-electron chi connectivity index (χ1n) is 5.55. The lowest BCUT2D eigenvalue weighted by Crippen LogP contribution is -2.33. The Morgan fingerprint density at radius 1 is 1.25 bits per heavy atom. The van der Waals surface area contributed by atoms with Crippen LogP contribution in [0.25, 0.3) is 0 Å². The van der Waals surface area contributed by atoms with Crippen molar-refractivity contribution in [2.24, 2.45) is 5.73 Å². The number of aliphatic hydroxyl groups is 2. The predicted octanol–water partition coefficient (Wildman–Crippen LogP) is -0.797. The number of hydrogen-bond donors (Lipinski definition) is 4. The summed E-state index contributed by atoms with van der Waals surface area (Å²) in [7, 11) is 0. The molecule has 0 aliphatic carbocycles. The lowest BCUT2D eigenvalue weighted by atomic mass is 10.2. The first-order valence-corrected chi connectivity index (χ1v) is 5.55. The van der Waals surface area contributed by atoms with Crippen LogP contribution in [0.5, 0.6) is 0 Å². The van der Waals surface area contributed by atoms with Gasteiger partial charge in [0.25, 0.3) is 0 Å². The average Bonchev–Trinajstić information content (AvgIpc) is 2.16. The van der Waals surface area contributed by atoms with Crippen molar-refractivity contribution in [2.45, 2.75) is 31.9 Å². The molecule has 96 valence electrons. The van der Waals surface area contributed by atoms with Crippen LogP contribution in [-0.2, 0) is 4.79 Å². The monoisotopic (exact) mass is 234 g/mol. The Kier molecular flexibility index (Phi) is 9.12. The molecule has 16 heavy (non-hydrogen) atoms. The van der Waals surface area contributed by atoms with Crippen LogP contribution >= 0.6 is 0 Å². The number of hydrogen-bond acceptors (Lipinski definition) is 5. The summed E-state index contributed by atoms with van der Waals surface area (Å²) >= 11 is 0. The normalized spacial score (nSPS) is 13.0. The zero-order valence-corrected chi connectivity index (χ0v) is 9.51. The number of aliphatic hydroxyl groups excluding tert-OH is 2. The molecule has 0 saturated carbocycles. The Morgan fingerprint density at radius 3 is 2.44 bits per heavy atom. The number of carbonyl (C=O) groups is 1. The van der Waals surface area contributed by atoms with Gasteiger partial charge in [0, 0.05) is 6.54 Å². The molecule has 0 rings (SSSR count). The Balaban J connectivity index is 3.55. The second-order valence-corrected chi connectivity index (χ2v) is 3.81. The summed E-state index contributed by atoms with van der Waals surface area (Å²) in [6, 6.07) is 0. The van der Waals surface area contributed by atoms with Gasteiger partial charge in [-0.1, -0.05) is 6.42 Å². The second kappa shape index (κ2) is 9.53. The van der Waals surface area contributed by atoms with Crippen LogP contribution in [0.15, 0.2) is 0 Å². The number of carboxylic acid groups (broad SMARTS) is 1. The van der Waals surface area contributed by atoms with E-state index in [9.17, 15) is 4.79 Å². The molecule has 5 N–H and O–H groups in total. The van der Waals surface area contributed by atoms with E-state index in [-0.39, 0.29) is 13.2 Å². The third kappa shape index (κ3) is 9.85. The van der Waals surface area contributed by atoms with Crippen molar-refractivity contribution >= 4 is 5.97 Å². The highest BCUT2D eigenvalue weighted by molar-refractivity contribution is 5.69. The summed E-state index contributed by atoms with van der Waals surface area (Å²) < 4.78 is 0. The quantitative estimate of drug-likeness (QED) is 0.291. The van der Waals surface area contributed by atoms with Gasteiger partial charge in [0.1, 0.15) is 6.23 Å². The van der Waals surface area contributed by atoms with E-state index in [4.69, 9.17) is 21.1 Å². The lowest BCUT2D eigenvalue weighted by molar-refractivity contribution is -0.138. The fraction of sp³-hybridized carbons (Fsp3) is 0.900. The summed E-state index contributed by atoms with van der Waals surface area (Å²) in [5.41, 5.74) is 5.18. The maximum atomic E-state index is 10.5. The van der Waals surface area contributed by atoms with Crippen LogP contribution in [0.2, 0.25) is 0 Å². The molecule has 0 aliphatic heterocycles. The minimum atomic E-state index is -0.883. The van der Waals surface area contributed by atoms with Gasteiger partial charge in [-0.05, 0) is 25.8 Å². The Morgan fingerprint density at radius 2 is 1.94 bits per heavy atom. The van der Waals surface area contributed by atoms with Gasteiger partial charge in [-0.25, -0.2) is 0 Å². The van der Waals surface area contributed by atoms with E-state index >= 15 is 0 Å². The first-order chi connectivity index (χ1) is 7.56. The SMILES string of the molecule is N[C@@H](O)CCCCCN(CCO)CC(=O)O. The standard InChI is InChI=1S/C10H22N2O4/c11-9(14)4-2-1-3-5-12(6-7-13)8-10(15)16/h9,13-14H,1-8,11H2,(H,15,16)/t9-/m0/s1. The largest absolute Gasteiger partial charge is 0.480 e. The molecule has 0 aliphatic rings. The number of nitrogens with two attached hydrogens (primary N) is 1. The van der Waals surface area contributed by atoms with Crippen molar-refractivity contribution in [2.75, 3.05) is 26.2 Å². The Labute approximate surface area is 95.7 Å². The molecule has 0 heterocycles. The zero-order chi connectivity index (χ0) is 12.4. The van der Waals surface area contributed by atoms with Crippen LogP contribution in [0.1, 0.15) is 25.7 Å². The van der Waals surface area contributed by atoms with Crippen LogP contribution in [-0.4, -0.2) is 58.7 Å². The summed E-state index contributed by atoms with van der Waals surface area (Å²) in [5, 5.41) is 26.2. The van der Waals surface area contributed by atoms with Crippen molar-refractivity contribution in [1.29, 1.82) is 0 Å². The molecule has 0 aromatic heterocycles. The molecule has 0 amide bonds. The number of unbranched alkanes of at least 4 members (excludes halogenated alkanes) is 2. The zero-order valence-electron chi connectivity index (χ0n) is 9.51. The minimum Gasteiger partial charge on any atom is -0.480 e. The van der Waals surface area contributed by atoms with Crippen molar-refractivity contribution in [3.63, 3.8) is 0 Å². The van der Waals surface area contributed by atoms with Crippen LogP contribution in [0, 0.1) is 0 Å². The molecule has 0 aromatic rings. The second-order valence-electron chi connectivity index (χ2n) is 3.81. The van der Waals surface area contributed by atoms with Gasteiger partial charge in [0.15, 0.2) is 0 Å². The third-order valence-corrected chi connectivity index (χ3v) is 2.25. The minimum absolute atomic E-state index is 0.0329. The Bertz CT molecular complexity index is 188. The van der Waals surface area contributed by atoms with E-state index in [0.29, 0.717) is 19.5 Å². The topological polar surface area (TPSA) is 107 Å².